The maximum Gasteiger partial charge on any atom is 0.261 e. The summed E-state index contributed by atoms with van der Waals surface area (Å²) in [7, 11) is -3.09. The molecule has 0 aliphatic carbocycles. The molecule has 2 aliphatic heterocycles. The minimum absolute atomic E-state index is 0. The Balaban J connectivity index is 0.00000420. The molecule has 2 aliphatic rings. The largest absolute Gasteiger partial charge is 0.349 e. The Morgan fingerprint density at radius 3 is 2.38 bits per heavy atom. The second kappa shape index (κ2) is 12.9. The maximum absolute atomic E-state index is 15.4. The molecule has 0 radical (unpaired) electrons. The third-order valence-corrected chi connectivity index (χ3v) is 9.07. The molecule has 2 aromatic rings. The minimum Gasteiger partial charge on any atom is -0.349 e. The van der Waals surface area contributed by atoms with E-state index in [1.807, 2.05) is 11.9 Å². The van der Waals surface area contributed by atoms with Gasteiger partial charge in [0, 0.05) is 45.7 Å². The summed E-state index contributed by atoms with van der Waals surface area (Å²) in [4.78, 5) is 41.4. The van der Waals surface area contributed by atoms with Gasteiger partial charge in [0.1, 0.15) is 11.9 Å². The molecule has 39 heavy (non-hydrogen) atoms. The fraction of sp³-hybridized carbons (Fsp3) is 0.435. The number of carbonyl (C=O) groups excluding carboxylic acids is 3. The van der Waals surface area contributed by atoms with Crippen LogP contribution in [0.25, 0.3) is 0 Å². The molecular weight excluding hydrogens is 599 g/mol. The van der Waals surface area contributed by atoms with Crippen molar-refractivity contribution in [2.45, 2.75) is 23.8 Å². The average Bonchev–Trinajstić information content (AvgIpc) is 3.49. The summed E-state index contributed by atoms with van der Waals surface area (Å²) in [6.45, 7) is 1.37. The fourth-order valence-corrected chi connectivity index (χ4v) is 6.57. The molecule has 0 bridgehead atoms. The molecule has 2 fully saturated rings. The van der Waals surface area contributed by atoms with Crippen molar-refractivity contribution in [3.63, 3.8) is 0 Å². The Hall–Kier alpha value is -2.36. The lowest BCUT2D eigenvalue weighted by atomic mass is 10.2. The first-order chi connectivity index (χ1) is 18.0. The zero-order valence-electron chi connectivity index (χ0n) is 20.8. The molecular formula is C23H27Cl2F2N5O5S2. The first kappa shape index (κ1) is 31.2. The number of rotatable bonds is 8. The summed E-state index contributed by atoms with van der Waals surface area (Å²) in [5, 5.41) is 2.49. The highest BCUT2D eigenvalue weighted by Crippen LogP contribution is 2.31. The van der Waals surface area contributed by atoms with Crippen LogP contribution in [-0.2, 0) is 19.6 Å². The Labute approximate surface area is 239 Å². The van der Waals surface area contributed by atoms with Crippen molar-refractivity contribution in [2.24, 2.45) is 0 Å². The normalized spacial score (nSPS) is 17.2. The number of amides is 3. The van der Waals surface area contributed by atoms with E-state index in [2.05, 4.69) is 10.0 Å². The Kier molecular flexibility index (Phi) is 10.3. The summed E-state index contributed by atoms with van der Waals surface area (Å²) < 4.78 is 59.2. The summed E-state index contributed by atoms with van der Waals surface area (Å²) in [5.41, 5.74) is -0.362. The number of likely N-dealkylation sites (N-methyl/N-ethyl adjacent to an activating group) is 1. The molecule has 0 unspecified atom stereocenters. The maximum atomic E-state index is 15.4. The molecule has 2 saturated heterocycles. The quantitative estimate of drug-likeness (QED) is 0.464. The predicted octanol–water partition coefficient (Wildman–Crippen LogP) is 2.08. The zero-order valence-corrected chi connectivity index (χ0v) is 24.0. The molecule has 1 aromatic heterocycles. The number of piperazine rings is 1. The standard InChI is InChI=1S/C23H26ClF2N5O5S2.ClH/c1-29-9-11-30(12-10-29)23(34)15(13-27-22(33)17-6-7-18(24)37-17)28-38(35,36)21-14(25)4-5-16(20(21)26)31-8-2-3-19(31)32;/h4-7,15,28H,2-3,8-13H2,1H3,(H,27,33);1H/t15-;/m0./s1. The van der Waals surface area contributed by atoms with E-state index >= 15 is 4.39 Å². The number of benzene rings is 1. The van der Waals surface area contributed by atoms with Crippen LogP contribution in [0.5, 0.6) is 0 Å². The first-order valence-corrected chi connectivity index (χ1v) is 14.5. The Bertz CT molecular complexity index is 1350. The summed E-state index contributed by atoms with van der Waals surface area (Å²) >= 11 is 6.87. The number of sulfonamides is 1. The molecule has 16 heteroatoms. The van der Waals surface area contributed by atoms with Crippen molar-refractivity contribution >= 4 is 68.8 Å². The predicted molar refractivity (Wildman–Crippen MR) is 145 cm³/mol. The molecule has 214 valence electrons. The first-order valence-electron chi connectivity index (χ1n) is 11.8. The van der Waals surface area contributed by atoms with E-state index in [1.54, 1.807) is 0 Å². The van der Waals surface area contributed by atoms with Crippen LogP contribution in [0.1, 0.15) is 22.5 Å². The van der Waals surface area contributed by atoms with Crippen molar-refractivity contribution < 1.29 is 31.6 Å². The Morgan fingerprint density at radius 2 is 1.79 bits per heavy atom. The van der Waals surface area contributed by atoms with Gasteiger partial charge in [0.2, 0.25) is 21.8 Å². The molecule has 3 heterocycles. The van der Waals surface area contributed by atoms with Crippen LogP contribution in [0.2, 0.25) is 4.34 Å². The summed E-state index contributed by atoms with van der Waals surface area (Å²) in [6, 6.07) is 3.20. The van der Waals surface area contributed by atoms with E-state index in [0.717, 1.165) is 28.4 Å². The van der Waals surface area contributed by atoms with E-state index in [1.165, 1.54) is 17.0 Å². The molecule has 1 aromatic carbocycles. The number of hydrogen-bond acceptors (Lipinski definition) is 7. The topological polar surface area (TPSA) is 119 Å². The monoisotopic (exact) mass is 625 g/mol. The molecule has 4 rings (SSSR count). The number of halogens is 4. The average molecular weight is 627 g/mol. The number of anilines is 1. The van der Waals surface area contributed by atoms with E-state index in [9.17, 15) is 27.2 Å². The van der Waals surface area contributed by atoms with Crippen LogP contribution in [0.15, 0.2) is 29.2 Å². The number of nitrogens with one attached hydrogen (secondary N) is 2. The van der Waals surface area contributed by atoms with Crippen molar-refractivity contribution in [1.82, 2.24) is 19.8 Å². The van der Waals surface area contributed by atoms with Crippen molar-refractivity contribution in [1.29, 1.82) is 0 Å². The van der Waals surface area contributed by atoms with Crippen LogP contribution < -0.4 is 14.9 Å². The van der Waals surface area contributed by atoms with Gasteiger partial charge in [-0.3, -0.25) is 14.4 Å². The van der Waals surface area contributed by atoms with Gasteiger partial charge in [-0.15, -0.1) is 23.7 Å². The minimum atomic E-state index is -4.96. The van der Waals surface area contributed by atoms with Crippen LogP contribution in [0.3, 0.4) is 0 Å². The highest BCUT2D eigenvalue weighted by molar-refractivity contribution is 7.89. The van der Waals surface area contributed by atoms with Crippen LogP contribution >= 0.6 is 35.3 Å². The smallest absolute Gasteiger partial charge is 0.261 e. The second-order valence-corrected chi connectivity index (χ2v) is 12.3. The molecule has 0 saturated carbocycles. The van der Waals surface area contributed by atoms with E-state index in [4.69, 9.17) is 11.6 Å². The summed E-state index contributed by atoms with van der Waals surface area (Å²) in [6.07, 6.45) is 0.612. The van der Waals surface area contributed by atoms with E-state index in [0.29, 0.717) is 36.9 Å². The number of nitrogens with zero attached hydrogens (tertiary/aromatic N) is 3. The lowest BCUT2D eigenvalue weighted by molar-refractivity contribution is -0.134. The van der Waals surface area contributed by atoms with E-state index < -0.39 is 56.9 Å². The van der Waals surface area contributed by atoms with E-state index in [-0.39, 0.29) is 35.9 Å². The zero-order chi connectivity index (χ0) is 27.6. The lowest BCUT2D eigenvalue weighted by Gasteiger charge is -2.34. The fourth-order valence-electron chi connectivity index (χ4n) is 4.27. The van der Waals surface area contributed by atoms with Crippen molar-refractivity contribution in [3.05, 3.63) is 45.1 Å². The van der Waals surface area contributed by atoms with Gasteiger partial charge in [-0.25, -0.2) is 17.2 Å². The lowest BCUT2D eigenvalue weighted by Crippen LogP contribution is -2.57. The van der Waals surface area contributed by atoms with Gasteiger partial charge in [-0.2, -0.15) is 4.72 Å². The molecule has 0 spiro atoms. The van der Waals surface area contributed by atoms with Gasteiger partial charge in [-0.1, -0.05) is 11.6 Å². The van der Waals surface area contributed by atoms with Gasteiger partial charge in [0.25, 0.3) is 5.91 Å². The van der Waals surface area contributed by atoms with Crippen LogP contribution in [0, 0.1) is 11.6 Å². The van der Waals surface area contributed by atoms with Gasteiger partial charge in [0.05, 0.1) is 14.9 Å². The van der Waals surface area contributed by atoms with Gasteiger partial charge in [0.15, 0.2) is 10.7 Å². The van der Waals surface area contributed by atoms with Crippen molar-refractivity contribution in [3.8, 4) is 0 Å². The number of thiophene rings is 1. The highest BCUT2D eigenvalue weighted by Gasteiger charge is 2.36. The molecule has 10 nitrogen and oxygen atoms in total. The number of carbonyl (C=O) groups is 3. The van der Waals surface area contributed by atoms with Gasteiger partial charge >= 0.3 is 0 Å². The summed E-state index contributed by atoms with van der Waals surface area (Å²) in [5.74, 6) is -4.47. The van der Waals surface area contributed by atoms with Gasteiger partial charge in [-0.05, 0) is 37.7 Å². The molecule has 2 N–H and O–H groups in total. The van der Waals surface area contributed by atoms with Crippen LogP contribution in [-0.4, -0.2) is 88.3 Å². The van der Waals surface area contributed by atoms with Gasteiger partial charge < -0.3 is 20.0 Å². The third-order valence-electron chi connectivity index (χ3n) is 6.34. The molecule has 1 atom stereocenters. The SMILES string of the molecule is CN1CCN(C(=O)[C@H](CNC(=O)c2ccc(Cl)s2)NS(=O)(=O)c2c(F)ccc(N3CCCC3=O)c2F)CC1.Cl. The second-order valence-electron chi connectivity index (χ2n) is 8.97. The Morgan fingerprint density at radius 1 is 1.10 bits per heavy atom. The van der Waals surface area contributed by atoms with Crippen LogP contribution in [0.4, 0.5) is 14.5 Å². The third kappa shape index (κ3) is 7.05. The van der Waals surface area contributed by atoms with Crippen molar-refractivity contribution in [2.75, 3.05) is 51.2 Å². The molecule has 3 amide bonds. The number of hydrogen-bond donors (Lipinski definition) is 2. The highest BCUT2D eigenvalue weighted by atomic mass is 35.5.